The standard InChI is InChI=1S/2In.P.Sb. The zero-order valence-corrected chi connectivity index (χ0v) is 12.1. The molecule has 4 heteroatoms. The van der Waals surface area contributed by atoms with E-state index in [0.717, 1.165) is 0 Å². The van der Waals surface area contributed by atoms with Gasteiger partial charge in [0.1, 0.15) is 0 Å². The maximum absolute atomic E-state index is 0. The minimum absolute atomic E-state index is 0. The van der Waals surface area contributed by atoms with E-state index in [0.29, 0.717) is 0 Å². The largest absolute Gasteiger partial charge is 0 e. The Morgan fingerprint density at radius 2 is 0.750 bits per heavy atom. The summed E-state index contributed by atoms with van der Waals surface area (Å²) < 4.78 is 0. The molecule has 0 aliphatic rings. The summed E-state index contributed by atoms with van der Waals surface area (Å²) in [4.78, 5) is 0. The molecule has 12 radical (unpaired) electrons. The van der Waals surface area contributed by atoms with Gasteiger partial charge in [0, 0.05) is 86.0 Å². The molecule has 0 aliphatic carbocycles. The van der Waals surface area contributed by atoms with Crippen LogP contribution in [0.4, 0.5) is 0 Å². The molecule has 0 unspecified atom stereocenters. The molecule has 0 aromatic carbocycles. The fourth-order valence-corrected chi connectivity index (χ4v) is 0. The number of rotatable bonds is 0. The van der Waals surface area contributed by atoms with Gasteiger partial charge in [-0.3, -0.25) is 0 Å². The summed E-state index contributed by atoms with van der Waals surface area (Å²) in [6, 6.07) is 0. The van der Waals surface area contributed by atoms with Gasteiger partial charge in [-0.2, -0.15) is 0 Å². The van der Waals surface area contributed by atoms with Crippen LogP contribution in [0.5, 0.6) is 0 Å². The Balaban J connectivity index is 0. The van der Waals surface area contributed by atoms with Crippen LogP contribution in [-0.4, -0.2) is 76.1 Å². The van der Waals surface area contributed by atoms with Crippen LogP contribution in [0.25, 0.3) is 0 Å². The van der Waals surface area contributed by atoms with Gasteiger partial charge in [0.15, 0.2) is 0 Å². The SMILES string of the molecule is [In].[In].[P].[Sb]. The monoisotopic (exact) mass is 382 g/mol. The Kier molecular flexibility index (Phi) is 117. The second-order valence-corrected chi connectivity index (χ2v) is 0. The topological polar surface area (TPSA) is 0 Å². The smallest absolute Gasteiger partial charge is 0 e. The van der Waals surface area contributed by atoms with Gasteiger partial charge >= 0.3 is 0 Å². The minimum atomic E-state index is 0. The van der Waals surface area contributed by atoms with E-state index in [4.69, 9.17) is 0 Å². The van der Waals surface area contributed by atoms with Crippen LogP contribution in [0.3, 0.4) is 0 Å². The van der Waals surface area contributed by atoms with E-state index >= 15 is 0 Å². The molecule has 0 N–H and O–H groups in total. The van der Waals surface area contributed by atoms with E-state index in [2.05, 4.69) is 0 Å². The predicted molar refractivity (Wildman–Crippen MR) is 24.2 cm³/mol. The van der Waals surface area contributed by atoms with Crippen LogP contribution in [-0.2, 0) is 0 Å². The van der Waals surface area contributed by atoms with Crippen LogP contribution >= 0.6 is 9.90 Å². The summed E-state index contributed by atoms with van der Waals surface area (Å²) in [5.74, 6) is 0. The Morgan fingerprint density at radius 3 is 0.750 bits per heavy atom. The summed E-state index contributed by atoms with van der Waals surface area (Å²) in [5, 5.41) is 0. The average molecular weight is 382 g/mol. The van der Waals surface area contributed by atoms with Crippen molar-refractivity contribution in [1.82, 2.24) is 0 Å². The van der Waals surface area contributed by atoms with E-state index in [9.17, 15) is 0 Å². The van der Waals surface area contributed by atoms with Crippen LogP contribution in [0.1, 0.15) is 0 Å². The summed E-state index contributed by atoms with van der Waals surface area (Å²) in [7, 11) is 0. The van der Waals surface area contributed by atoms with Crippen molar-refractivity contribution in [2.24, 2.45) is 0 Å². The summed E-state index contributed by atoms with van der Waals surface area (Å²) >= 11 is 0. The molecule has 4 heavy (non-hydrogen) atoms. The first kappa shape index (κ1) is 28.1. The molecule has 0 spiro atoms. The van der Waals surface area contributed by atoms with Crippen molar-refractivity contribution >= 4 is 86.0 Å². The number of hydrogen-bond donors (Lipinski definition) is 0. The summed E-state index contributed by atoms with van der Waals surface area (Å²) in [5.41, 5.74) is 0. The quantitative estimate of drug-likeness (QED) is 0.399. The molecule has 0 saturated carbocycles. The molecule has 0 aromatic heterocycles. The van der Waals surface area contributed by atoms with Crippen LogP contribution < -0.4 is 0 Å². The normalized spacial score (nSPS) is 0. The third-order valence-corrected chi connectivity index (χ3v) is 0. The molecular formula is In2PSb. The van der Waals surface area contributed by atoms with E-state index in [1.54, 1.807) is 0 Å². The van der Waals surface area contributed by atoms with Crippen LogP contribution in [0.15, 0.2) is 0 Å². The summed E-state index contributed by atoms with van der Waals surface area (Å²) in [6.07, 6.45) is 0. The van der Waals surface area contributed by atoms with E-state index < -0.39 is 0 Å². The Hall–Kier alpha value is 2.99. The number of hydrogen-bond acceptors (Lipinski definition) is 0. The van der Waals surface area contributed by atoms with Crippen molar-refractivity contribution in [2.75, 3.05) is 0 Å². The minimum Gasteiger partial charge on any atom is 0 e. The van der Waals surface area contributed by atoms with Crippen molar-refractivity contribution in [3.8, 4) is 0 Å². The molecule has 0 nitrogen and oxygen atoms in total. The van der Waals surface area contributed by atoms with Crippen molar-refractivity contribution in [2.45, 2.75) is 0 Å². The Bertz CT molecular complexity index is 6.00. The van der Waals surface area contributed by atoms with Crippen molar-refractivity contribution in [1.29, 1.82) is 0 Å². The zero-order chi connectivity index (χ0) is 0. The van der Waals surface area contributed by atoms with Gasteiger partial charge in [-0.1, -0.05) is 0 Å². The van der Waals surface area contributed by atoms with Gasteiger partial charge in [-0.15, -0.1) is 0 Å². The van der Waals surface area contributed by atoms with Gasteiger partial charge in [-0.25, -0.2) is 0 Å². The third kappa shape index (κ3) is 8.89. The average Bonchev–Trinajstić information content (AvgIpc) is 0. The Morgan fingerprint density at radius 1 is 0.750 bits per heavy atom. The molecule has 16 valence electrons. The first-order valence-corrected chi connectivity index (χ1v) is 0. The zero-order valence-electron chi connectivity index (χ0n) is 2.05. The fourth-order valence-electron chi connectivity index (χ4n) is 0. The van der Waals surface area contributed by atoms with Crippen molar-refractivity contribution in [3.05, 3.63) is 0 Å². The molecule has 0 amide bonds. The van der Waals surface area contributed by atoms with E-state index in [1.807, 2.05) is 0 Å². The van der Waals surface area contributed by atoms with E-state index in [-0.39, 0.29) is 86.0 Å². The van der Waals surface area contributed by atoms with Gasteiger partial charge in [0.2, 0.25) is 0 Å². The molecule has 0 fully saturated rings. The van der Waals surface area contributed by atoms with Gasteiger partial charge in [-0.05, 0) is 0 Å². The second kappa shape index (κ2) is 16.7. The Labute approximate surface area is 84.5 Å². The van der Waals surface area contributed by atoms with Gasteiger partial charge in [0.05, 0.1) is 0 Å². The maximum Gasteiger partial charge on any atom is 0 e. The van der Waals surface area contributed by atoms with E-state index in [1.165, 1.54) is 0 Å². The molecule has 0 aromatic rings. The predicted octanol–water partition coefficient (Wildman–Crippen LogP) is -0.281. The first-order chi connectivity index (χ1) is 0. The first-order valence-electron chi connectivity index (χ1n) is 0. The molecule has 0 saturated heterocycles. The molecular weight excluding hydrogens is 382 g/mol. The van der Waals surface area contributed by atoms with Gasteiger partial charge in [0.25, 0.3) is 0 Å². The van der Waals surface area contributed by atoms with Gasteiger partial charge < -0.3 is 0 Å². The molecule has 0 rings (SSSR count). The van der Waals surface area contributed by atoms with Crippen LogP contribution in [0.2, 0.25) is 0 Å². The molecule has 0 aliphatic heterocycles. The van der Waals surface area contributed by atoms with Crippen molar-refractivity contribution < 1.29 is 0 Å². The molecule has 0 heterocycles. The van der Waals surface area contributed by atoms with Crippen molar-refractivity contribution in [3.63, 3.8) is 0 Å². The molecule has 0 atom stereocenters. The maximum atomic E-state index is 0. The van der Waals surface area contributed by atoms with Crippen LogP contribution in [0, 0.1) is 0 Å². The third-order valence-electron chi connectivity index (χ3n) is 0. The second-order valence-electron chi connectivity index (χ2n) is 0. The fraction of sp³-hybridized carbons (Fsp3) is 0. The summed E-state index contributed by atoms with van der Waals surface area (Å²) in [6.45, 7) is 0. The molecule has 0 bridgehead atoms.